The quantitative estimate of drug-likeness (QED) is 0.637. The van der Waals surface area contributed by atoms with Gasteiger partial charge in [0.05, 0.1) is 6.61 Å². The van der Waals surface area contributed by atoms with Crippen LogP contribution in [0.3, 0.4) is 0 Å². The molecule has 132 valence electrons. The third-order valence-electron chi connectivity index (χ3n) is 2.63. The highest BCUT2D eigenvalue weighted by atomic mass is 35.6. The average Bonchev–Trinajstić information content (AvgIpc) is 2.91. The molecule has 1 aromatic rings. The summed E-state index contributed by atoms with van der Waals surface area (Å²) in [6, 6.07) is 3.49. The standard InChI is InChI=1S/C13H11Cl6N3O2/c1-2-23-9-6-4-7(24-9)3-5-8-20-10(12(14,15)16)22-11(21-8)13(17,18)19/h4-6H,2-3H2,1H3,(H,20,21,22). The molecule has 5 nitrogen and oxygen atoms in total. The van der Waals surface area contributed by atoms with E-state index in [0.717, 1.165) is 0 Å². The first kappa shape index (κ1) is 20.0. The number of rotatable bonds is 4. The maximum Gasteiger partial charge on any atom is 0.284 e. The van der Waals surface area contributed by atoms with Gasteiger partial charge in [-0.2, -0.15) is 0 Å². The fraction of sp³-hybridized carbons (Fsp3) is 0.385. The summed E-state index contributed by atoms with van der Waals surface area (Å²) in [5, 5.41) is 2.78. The topological polar surface area (TPSA) is 59.1 Å². The van der Waals surface area contributed by atoms with Crippen molar-refractivity contribution in [3.63, 3.8) is 0 Å². The number of ether oxygens (including phenoxy) is 1. The van der Waals surface area contributed by atoms with Crippen LogP contribution in [0.5, 0.6) is 5.95 Å². The van der Waals surface area contributed by atoms with E-state index in [1.54, 1.807) is 18.2 Å². The number of aliphatic imine (C=N–C) groups is 2. The van der Waals surface area contributed by atoms with Gasteiger partial charge in [-0.15, -0.1) is 0 Å². The summed E-state index contributed by atoms with van der Waals surface area (Å²) in [5.74, 6) is 1.24. The van der Waals surface area contributed by atoms with Gasteiger partial charge in [0.25, 0.3) is 5.95 Å². The summed E-state index contributed by atoms with van der Waals surface area (Å²) in [7, 11) is 0. The number of hydrogen-bond acceptors (Lipinski definition) is 5. The van der Waals surface area contributed by atoms with Gasteiger partial charge in [-0.3, -0.25) is 0 Å². The molecule has 0 fully saturated rings. The predicted molar refractivity (Wildman–Crippen MR) is 100 cm³/mol. The van der Waals surface area contributed by atoms with E-state index in [4.69, 9.17) is 78.8 Å². The molecule has 1 N–H and O–H groups in total. The molecule has 11 heteroatoms. The van der Waals surface area contributed by atoms with Crippen LogP contribution in [0.15, 0.2) is 38.4 Å². The molecule has 24 heavy (non-hydrogen) atoms. The largest absolute Gasteiger partial charge is 0.465 e. The maximum absolute atomic E-state index is 5.84. The van der Waals surface area contributed by atoms with Gasteiger partial charge in [0.2, 0.25) is 7.59 Å². The molecule has 0 bridgehead atoms. The van der Waals surface area contributed by atoms with Crippen molar-refractivity contribution in [3.05, 3.63) is 29.8 Å². The van der Waals surface area contributed by atoms with Gasteiger partial charge < -0.3 is 14.5 Å². The molecule has 0 saturated heterocycles. The van der Waals surface area contributed by atoms with E-state index >= 15 is 0 Å². The SMILES string of the molecule is CCOc1ccc(CC=C2N=C(C(Cl)(Cl)Cl)N=C(C(Cl)(Cl)Cl)N2)o1. The van der Waals surface area contributed by atoms with Crippen LogP contribution in [0.4, 0.5) is 0 Å². The van der Waals surface area contributed by atoms with Gasteiger partial charge in [0, 0.05) is 12.5 Å². The third-order valence-corrected chi connectivity index (χ3v) is 3.68. The third kappa shape index (κ3) is 5.61. The van der Waals surface area contributed by atoms with Crippen LogP contribution in [0.1, 0.15) is 12.7 Å². The van der Waals surface area contributed by atoms with E-state index in [1.165, 1.54) is 0 Å². The molecule has 1 aliphatic heterocycles. The van der Waals surface area contributed by atoms with Crippen LogP contribution >= 0.6 is 69.6 Å². The fourth-order valence-electron chi connectivity index (χ4n) is 1.66. The molecule has 0 aliphatic carbocycles. The lowest BCUT2D eigenvalue weighted by atomic mass is 10.3. The number of alkyl halides is 6. The van der Waals surface area contributed by atoms with E-state index in [2.05, 4.69) is 15.3 Å². The zero-order chi connectivity index (χ0) is 18.0. The molecular formula is C13H11Cl6N3O2. The Morgan fingerprint density at radius 1 is 1.12 bits per heavy atom. The number of allylic oxidation sites excluding steroid dienone is 1. The first-order valence-corrected chi connectivity index (χ1v) is 8.87. The van der Waals surface area contributed by atoms with E-state index in [-0.39, 0.29) is 11.7 Å². The summed E-state index contributed by atoms with van der Waals surface area (Å²) in [4.78, 5) is 8.05. The van der Waals surface area contributed by atoms with Crippen molar-refractivity contribution >= 4 is 81.3 Å². The van der Waals surface area contributed by atoms with Gasteiger partial charge in [-0.05, 0) is 19.1 Å². The number of hydrogen-bond donors (Lipinski definition) is 1. The Hall–Kier alpha value is -0.300. The molecule has 0 unspecified atom stereocenters. The molecular weight excluding hydrogens is 443 g/mol. The predicted octanol–water partition coefficient (Wildman–Crippen LogP) is 5.20. The van der Waals surface area contributed by atoms with Crippen molar-refractivity contribution in [3.8, 4) is 5.95 Å². The Balaban J connectivity index is 2.22. The van der Waals surface area contributed by atoms with Crippen molar-refractivity contribution in [2.75, 3.05) is 6.61 Å². The van der Waals surface area contributed by atoms with E-state index in [9.17, 15) is 0 Å². The first-order chi connectivity index (χ1) is 11.1. The molecule has 1 aliphatic rings. The minimum Gasteiger partial charge on any atom is -0.465 e. The zero-order valence-corrected chi connectivity index (χ0v) is 16.7. The summed E-state index contributed by atoms with van der Waals surface area (Å²) in [6.45, 7) is 2.37. The van der Waals surface area contributed by atoms with Gasteiger partial charge in [0.1, 0.15) is 11.6 Å². The number of nitrogens with one attached hydrogen (secondary N) is 1. The zero-order valence-electron chi connectivity index (χ0n) is 12.1. The number of furan rings is 1. The Kier molecular flexibility index (Phi) is 6.62. The van der Waals surface area contributed by atoms with Gasteiger partial charge >= 0.3 is 0 Å². The van der Waals surface area contributed by atoms with Crippen molar-refractivity contribution < 1.29 is 9.15 Å². The second-order valence-electron chi connectivity index (χ2n) is 4.46. The minimum atomic E-state index is -1.87. The maximum atomic E-state index is 5.84. The van der Waals surface area contributed by atoms with Crippen LogP contribution in [-0.2, 0) is 6.42 Å². The Bertz CT molecular complexity index is 685. The van der Waals surface area contributed by atoms with Crippen LogP contribution < -0.4 is 10.1 Å². The van der Waals surface area contributed by atoms with E-state index < -0.39 is 7.59 Å². The second-order valence-corrected chi connectivity index (χ2v) is 9.03. The molecule has 0 spiro atoms. The van der Waals surface area contributed by atoms with Crippen LogP contribution in [0, 0.1) is 0 Å². The van der Waals surface area contributed by atoms with Gasteiger partial charge in [0.15, 0.2) is 11.7 Å². The fourth-order valence-corrected chi connectivity index (χ4v) is 2.19. The summed E-state index contributed by atoms with van der Waals surface area (Å²) >= 11 is 35.0. The number of halogens is 6. The van der Waals surface area contributed by atoms with E-state index in [0.29, 0.717) is 30.6 Å². The lowest BCUT2D eigenvalue weighted by molar-refractivity contribution is 0.251. The Labute approximate surface area is 168 Å². The van der Waals surface area contributed by atoms with Crippen molar-refractivity contribution in [2.45, 2.75) is 20.9 Å². The van der Waals surface area contributed by atoms with Crippen molar-refractivity contribution in [1.82, 2.24) is 5.32 Å². The molecule has 1 aromatic heterocycles. The molecule has 2 heterocycles. The molecule has 0 aromatic carbocycles. The molecule has 0 amide bonds. The smallest absolute Gasteiger partial charge is 0.284 e. The second kappa shape index (κ2) is 7.94. The summed E-state index contributed by atoms with van der Waals surface area (Å²) in [6.07, 6.45) is 2.06. The lowest BCUT2D eigenvalue weighted by Crippen LogP contribution is -2.39. The summed E-state index contributed by atoms with van der Waals surface area (Å²) < 4.78 is 7.02. The highest BCUT2D eigenvalue weighted by molar-refractivity contribution is 6.79. The van der Waals surface area contributed by atoms with Gasteiger partial charge in [-0.1, -0.05) is 69.6 Å². The monoisotopic (exact) mass is 451 g/mol. The van der Waals surface area contributed by atoms with Crippen LogP contribution in [0.25, 0.3) is 0 Å². The summed E-state index contributed by atoms with van der Waals surface area (Å²) in [5.41, 5.74) is 0. The molecule has 0 radical (unpaired) electrons. The molecule has 0 saturated carbocycles. The van der Waals surface area contributed by atoms with Crippen molar-refractivity contribution in [1.29, 1.82) is 0 Å². The number of amidine groups is 2. The lowest BCUT2D eigenvalue weighted by Gasteiger charge is -2.23. The normalized spacial score (nSPS) is 17.4. The highest BCUT2D eigenvalue weighted by Gasteiger charge is 2.36. The first-order valence-electron chi connectivity index (χ1n) is 6.60. The minimum absolute atomic E-state index is 0.0236. The van der Waals surface area contributed by atoms with Crippen LogP contribution in [0.2, 0.25) is 0 Å². The number of nitrogens with zero attached hydrogens (tertiary/aromatic N) is 2. The van der Waals surface area contributed by atoms with Gasteiger partial charge in [-0.25, -0.2) is 9.98 Å². The molecule has 2 rings (SSSR count). The average molecular weight is 454 g/mol. The Morgan fingerprint density at radius 3 is 2.42 bits per heavy atom. The van der Waals surface area contributed by atoms with E-state index in [1.807, 2.05) is 6.92 Å². The van der Waals surface area contributed by atoms with Crippen molar-refractivity contribution in [2.24, 2.45) is 9.98 Å². The Morgan fingerprint density at radius 2 is 1.83 bits per heavy atom. The highest BCUT2D eigenvalue weighted by Crippen LogP contribution is 2.34. The molecule has 0 atom stereocenters. The van der Waals surface area contributed by atoms with Crippen LogP contribution in [-0.4, -0.2) is 25.9 Å².